The number of rotatable bonds is 12. The maximum absolute atomic E-state index is 11.3. The molecule has 1 aliphatic carbocycles. The number of aryl methyl sites for hydroxylation is 1. The van der Waals surface area contributed by atoms with Crippen LogP contribution in [0.1, 0.15) is 53.8 Å². The van der Waals surface area contributed by atoms with Gasteiger partial charge in [-0.2, -0.15) is 0 Å². The van der Waals surface area contributed by atoms with Crippen molar-refractivity contribution in [2.24, 2.45) is 17.6 Å². The van der Waals surface area contributed by atoms with Crippen LogP contribution in [0.5, 0.6) is 0 Å². The second-order valence-corrected chi connectivity index (χ2v) is 10.1. The second kappa shape index (κ2) is 12.5. The van der Waals surface area contributed by atoms with E-state index in [1.807, 2.05) is 24.5 Å². The van der Waals surface area contributed by atoms with Gasteiger partial charge in [0.25, 0.3) is 5.91 Å². The molecule has 0 unspecified atom stereocenters. The minimum atomic E-state index is -0.691. The summed E-state index contributed by atoms with van der Waals surface area (Å²) >= 11 is 4.75. The lowest BCUT2D eigenvalue weighted by Gasteiger charge is -2.19. The van der Waals surface area contributed by atoms with Crippen molar-refractivity contribution in [3.8, 4) is 0 Å². The van der Waals surface area contributed by atoms with E-state index in [4.69, 9.17) is 5.73 Å². The number of aliphatic hydroxyl groups is 3. The quantitative estimate of drug-likeness (QED) is 0.260. The Morgan fingerprint density at radius 1 is 1.37 bits per heavy atom. The Kier molecular flexibility index (Phi) is 10.4. The van der Waals surface area contributed by atoms with Gasteiger partial charge in [-0.25, -0.2) is 0 Å². The van der Waals surface area contributed by atoms with Crippen LogP contribution >= 0.6 is 27.3 Å². The molecule has 1 fully saturated rings. The third kappa shape index (κ3) is 7.42. The summed E-state index contributed by atoms with van der Waals surface area (Å²) in [7, 11) is 0. The number of halogens is 1. The maximum Gasteiger partial charge on any atom is 0.250 e. The Morgan fingerprint density at radius 3 is 2.80 bits per heavy atom. The highest BCUT2D eigenvalue weighted by atomic mass is 79.9. The van der Waals surface area contributed by atoms with Gasteiger partial charge < -0.3 is 21.1 Å². The predicted octanol–water partition coefficient (Wildman–Crippen LogP) is 3.04. The van der Waals surface area contributed by atoms with Crippen LogP contribution in [0.3, 0.4) is 0 Å². The van der Waals surface area contributed by atoms with Gasteiger partial charge in [0.05, 0.1) is 27.7 Å². The van der Waals surface area contributed by atoms with E-state index in [0.717, 1.165) is 17.7 Å². The Balaban J connectivity index is 1.87. The Morgan fingerprint density at radius 2 is 2.13 bits per heavy atom. The molecular formula is C22H29BrNO5S. The van der Waals surface area contributed by atoms with Crippen LogP contribution < -0.4 is 5.73 Å². The third-order valence-electron chi connectivity index (χ3n) is 5.39. The minimum absolute atomic E-state index is 0.108. The summed E-state index contributed by atoms with van der Waals surface area (Å²) in [5.41, 5.74) is 5.76. The molecule has 1 aromatic heterocycles. The van der Waals surface area contributed by atoms with Crippen molar-refractivity contribution in [1.29, 1.82) is 0 Å². The molecule has 2 rings (SSSR count). The average Bonchev–Trinajstić information content (AvgIpc) is 3.20. The Bertz CT molecular complexity index is 763. The first-order chi connectivity index (χ1) is 14.3. The van der Waals surface area contributed by atoms with Crippen molar-refractivity contribution in [2.75, 3.05) is 0 Å². The Hall–Kier alpha value is -1.32. The lowest BCUT2D eigenvalue weighted by Crippen LogP contribution is -2.20. The summed E-state index contributed by atoms with van der Waals surface area (Å²) in [5.74, 6) is -0.815. The molecule has 1 aliphatic rings. The van der Waals surface area contributed by atoms with Crippen LogP contribution in [-0.4, -0.2) is 45.8 Å². The number of thiophene rings is 1. The molecule has 0 bridgehead atoms. The van der Waals surface area contributed by atoms with Gasteiger partial charge >= 0.3 is 0 Å². The minimum Gasteiger partial charge on any atom is -0.393 e. The number of amides is 1. The number of carbonyl (C=O) groups is 1. The molecule has 6 nitrogen and oxygen atoms in total. The molecule has 0 aliphatic heterocycles. The zero-order valence-corrected chi connectivity index (χ0v) is 19.1. The highest BCUT2D eigenvalue weighted by molar-refractivity contribution is 9.11. The summed E-state index contributed by atoms with van der Waals surface area (Å²) in [5, 5.41) is 30.9. The van der Waals surface area contributed by atoms with Crippen LogP contribution in [0.15, 0.2) is 34.2 Å². The molecule has 5 N–H and O–H groups in total. The molecule has 0 aromatic carbocycles. The molecule has 0 spiro atoms. The molecule has 5 atom stereocenters. The summed E-state index contributed by atoms with van der Waals surface area (Å²) in [6.07, 6.45) is 11.4. The summed E-state index contributed by atoms with van der Waals surface area (Å²) in [4.78, 5) is 22.5. The summed E-state index contributed by atoms with van der Waals surface area (Å²) in [6, 6.07) is 1.74. The fraction of sp³-hybridized carbons (Fsp3) is 0.545. The molecule has 0 saturated heterocycles. The molecule has 165 valence electrons. The van der Waals surface area contributed by atoms with Crippen LogP contribution in [0.4, 0.5) is 0 Å². The van der Waals surface area contributed by atoms with Crippen LogP contribution in [0.25, 0.3) is 0 Å². The fourth-order valence-corrected chi connectivity index (χ4v) is 5.55. The van der Waals surface area contributed by atoms with E-state index in [9.17, 15) is 24.9 Å². The monoisotopic (exact) mass is 498 g/mol. The standard InChI is InChI=1S/C22H29BrNO5S/c23-21-18(22(24)29)12-15(30-21)9-7-14(26)8-10-17-16(19(27)13-20(17)28)6-4-2-1-3-5-11-25/h2,4,8,10,12,14,16-17,19-20,26-28H,1,3,5-7,9,13H2,(H2,24,29)/b4-2-,10-8+/t14-,16+,17+,19-,20+/m0/s1. The van der Waals surface area contributed by atoms with Crippen molar-refractivity contribution in [2.45, 2.75) is 63.3 Å². The first-order valence-electron chi connectivity index (χ1n) is 10.1. The Labute approximate surface area is 189 Å². The van der Waals surface area contributed by atoms with E-state index >= 15 is 0 Å². The molecule has 1 saturated carbocycles. The SMILES string of the molecule is NC(=O)c1cc(CC[C@H](O)/C=C/[C@@H]2[C@@H](C/C=C\CCC[C]=O)[C@@H](O)C[C@H]2O)sc1Br. The van der Waals surface area contributed by atoms with E-state index in [2.05, 4.69) is 15.9 Å². The van der Waals surface area contributed by atoms with Gasteiger partial charge in [0.1, 0.15) is 0 Å². The first kappa shape index (κ1) is 24.9. The zero-order chi connectivity index (χ0) is 22.1. The van der Waals surface area contributed by atoms with Crippen molar-refractivity contribution in [3.05, 3.63) is 44.6 Å². The van der Waals surface area contributed by atoms with Crippen molar-refractivity contribution in [3.63, 3.8) is 0 Å². The largest absolute Gasteiger partial charge is 0.393 e. The topological polar surface area (TPSA) is 121 Å². The number of hydrogen-bond acceptors (Lipinski definition) is 6. The highest BCUT2D eigenvalue weighted by Crippen LogP contribution is 2.36. The molecule has 1 heterocycles. The van der Waals surface area contributed by atoms with Crippen LogP contribution in [0.2, 0.25) is 0 Å². The highest BCUT2D eigenvalue weighted by Gasteiger charge is 2.39. The van der Waals surface area contributed by atoms with Gasteiger partial charge in [-0.05, 0) is 60.0 Å². The lowest BCUT2D eigenvalue weighted by molar-refractivity contribution is 0.1000. The zero-order valence-electron chi connectivity index (χ0n) is 16.7. The van der Waals surface area contributed by atoms with Crippen molar-refractivity contribution < 1.29 is 24.9 Å². The van der Waals surface area contributed by atoms with Crippen LogP contribution in [0, 0.1) is 11.8 Å². The van der Waals surface area contributed by atoms with Gasteiger partial charge in [0.2, 0.25) is 0 Å². The van der Waals surface area contributed by atoms with E-state index in [1.165, 1.54) is 11.3 Å². The third-order valence-corrected chi connectivity index (χ3v) is 7.28. The predicted molar refractivity (Wildman–Crippen MR) is 121 cm³/mol. The van der Waals surface area contributed by atoms with Gasteiger partial charge in [-0.3, -0.25) is 9.59 Å². The molecule has 1 amide bonds. The van der Waals surface area contributed by atoms with Gasteiger partial charge in [0.15, 0.2) is 6.29 Å². The lowest BCUT2D eigenvalue weighted by atomic mass is 9.89. The summed E-state index contributed by atoms with van der Waals surface area (Å²) < 4.78 is 0.693. The molecule has 1 aromatic rings. The van der Waals surface area contributed by atoms with Crippen molar-refractivity contribution in [1.82, 2.24) is 0 Å². The number of nitrogens with two attached hydrogens (primary N) is 1. The van der Waals surface area contributed by atoms with E-state index in [1.54, 1.807) is 12.1 Å². The van der Waals surface area contributed by atoms with Gasteiger partial charge in [-0.1, -0.05) is 24.3 Å². The number of allylic oxidation sites excluding steroid dienone is 2. The number of aliphatic hydroxyl groups excluding tert-OH is 3. The molecule has 30 heavy (non-hydrogen) atoms. The maximum atomic E-state index is 11.3. The number of primary amides is 1. The summed E-state index contributed by atoms with van der Waals surface area (Å²) in [6.45, 7) is 0. The molecule has 1 radical (unpaired) electrons. The van der Waals surface area contributed by atoms with Gasteiger partial charge in [-0.15, -0.1) is 11.3 Å². The average molecular weight is 499 g/mol. The van der Waals surface area contributed by atoms with E-state index in [-0.39, 0.29) is 11.8 Å². The number of unbranched alkanes of at least 4 members (excludes halogenated alkanes) is 2. The number of carbonyl (C=O) groups excluding carboxylic acids is 2. The van der Waals surface area contributed by atoms with E-state index in [0.29, 0.717) is 41.5 Å². The fourth-order valence-electron chi connectivity index (χ4n) is 3.72. The van der Waals surface area contributed by atoms with Crippen LogP contribution in [-0.2, 0) is 11.2 Å². The number of hydrogen-bond donors (Lipinski definition) is 4. The first-order valence-corrected chi connectivity index (χ1v) is 11.7. The van der Waals surface area contributed by atoms with Gasteiger partial charge in [0, 0.05) is 23.6 Å². The normalized spacial score (nSPS) is 25.3. The van der Waals surface area contributed by atoms with E-state index < -0.39 is 24.2 Å². The van der Waals surface area contributed by atoms with Crippen molar-refractivity contribution >= 4 is 39.5 Å². The smallest absolute Gasteiger partial charge is 0.250 e. The second-order valence-electron chi connectivity index (χ2n) is 7.61. The molecular weight excluding hydrogens is 470 g/mol. The molecule has 8 heteroatoms.